The van der Waals surface area contributed by atoms with E-state index in [1.54, 1.807) is 11.9 Å². The molecule has 180 valence electrons. The van der Waals surface area contributed by atoms with Crippen LogP contribution in [0.4, 0.5) is 4.79 Å². The summed E-state index contributed by atoms with van der Waals surface area (Å²) in [7, 11) is 1.74. The van der Waals surface area contributed by atoms with Gasteiger partial charge in [0.1, 0.15) is 5.54 Å². The summed E-state index contributed by atoms with van der Waals surface area (Å²) in [5, 5.41) is 7.67. The van der Waals surface area contributed by atoms with Crippen molar-refractivity contribution in [2.24, 2.45) is 0 Å². The van der Waals surface area contributed by atoms with Crippen LogP contribution in [-0.2, 0) is 16.1 Å². The minimum Gasteiger partial charge on any atom is -0.341 e. The zero-order chi connectivity index (χ0) is 24.4. The van der Waals surface area contributed by atoms with Crippen LogP contribution in [-0.4, -0.2) is 56.6 Å². The van der Waals surface area contributed by atoms with Crippen molar-refractivity contribution in [3.05, 3.63) is 72.4 Å². The van der Waals surface area contributed by atoms with Gasteiger partial charge < -0.3 is 10.2 Å². The van der Waals surface area contributed by atoms with Crippen LogP contribution in [0, 0.1) is 0 Å². The molecule has 1 aromatic heterocycles. The van der Waals surface area contributed by atoms with Crippen LogP contribution >= 0.6 is 0 Å². The molecular weight excluding hydrogens is 442 g/mol. The maximum Gasteiger partial charge on any atom is 0.325 e. The number of imide groups is 1. The topological polar surface area (TPSA) is 87.5 Å². The number of nitrogens with zero attached hydrogens (tertiary/aromatic N) is 4. The minimum absolute atomic E-state index is 0.0826. The van der Waals surface area contributed by atoms with Gasteiger partial charge in [-0.3, -0.25) is 14.5 Å². The number of rotatable bonds is 7. The number of amides is 4. The highest BCUT2D eigenvalue weighted by Gasteiger charge is 2.52. The molecule has 35 heavy (non-hydrogen) atoms. The van der Waals surface area contributed by atoms with Gasteiger partial charge in [-0.25, -0.2) is 9.48 Å². The second-order valence-corrected chi connectivity index (χ2v) is 9.33. The normalized spacial score (nSPS) is 16.7. The van der Waals surface area contributed by atoms with Crippen molar-refractivity contribution >= 4 is 17.8 Å². The van der Waals surface area contributed by atoms with Crippen LogP contribution in [0.3, 0.4) is 0 Å². The standard InChI is InChI=1S/C27H29N5O3/c1-30(23(33)14-17-31-25(34)27(28-26(31)35)15-8-9-16-27)18-21-19-32(22-12-6-3-7-13-22)29-24(21)20-10-4-2-5-11-20/h2-7,10-13,19H,8-9,14-18H2,1H3,(H,28,35). The third-order valence-electron chi connectivity index (χ3n) is 6.94. The van der Waals surface area contributed by atoms with E-state index in [-0.39, 0.29) is 30.8 Å². The van der Waals surface area contributed by atoms with Crippen molar-refractivity contribution in [1.29, 1.82) is 0 Å². The highest BCUT2D eigenvalue weighted by Crippen LogP contribution is 2.35. The third-order valence-corrected chi connectivity index (χ3v) is 6.94. The Labute approximate surface area is 204 Å². The molecule has 3 aromatic rings. The summed E-state index contributed by atoms with van der Waals surface area (Å²) in [6, 6.07) is 19.3. The number of urea groups is 1. The quantitative estimate of drug-likeness (QED) is 0.532. The lowest BCUT2D eigenvalue weighted by molar-refractivity contribution is -0.133. The first-order valence-corrected chi connectivity index (χ1v) is 12.0. The van der Waals surface area contributed by atoms with Crippen LogP contribution < -0.4 is 5.32 Å². The molecule has 5 rings (SSSR count). The lowest BCUT2D eigenvalue weighted by atomic mass is 9.98. The van der Waals surface area contributed by atoms with E-state index in [4.69, 9.17) is 5.10 Å². The Bertz CT molecular complexity index is 1230. The molecule has 0 radical (unpaired) electrons. The molecule has 1 N–H and O–H groups in total. The van der Waals surface area contributed by atoms with Crippen LogP contribution in [0.15, 0.2) is 66.9 Å². The molecule has 1 saturated carbocycles. The monoisotopic (exact) mass is 471 g/mol. The fourth-order valence-electron chi connectivity index (χ4n) is 5.02. The molecule has 1 aliphatic heterocycles. The maximum absolute atomic E-state index is 13.0. The molecule has 1 spiro atoms. The first-order valence-electron chi connectivity index (χ1n) is 12.0. The summed E-state index contributed by atoms with van der Waals surface area (Å²) in [5.74, 6) is -0.324. The van der Waals surface area contributed by atoms with Crippen LogP contribution in [0.2, 0.25) is 0 Å². The summed E-state index contributed by atoms with van der Waals surface area (Å²) in [6.45, 7) is 0.449. The number of carbonyl (C=O) groups excluding carboxylic acids is 3. The van der Waals surface area contributed by atoms with Gasteiger partial charge in [0.05, 0.1) is 11.4 Å². The Balaban J connectivity index is 1.29. The van der Waals surface area contributed by atoms with Gasteiger partial charge in [-0.05, 0) is 25.0 Å². The molecule has 2 heterocycles. The van der Waals surface area contributed by atoms with Gasteiger partial charge >= 0.3 is 6.03 Å². The Kier molecular flexibility index (Phi) is 6.11. The number of hydrogen-bond donors (Lipinski definition) is 1. The van der Waals surface area contributed by atoms with Gasteiger partial charge in [-0.2, -0.15) is 5.10 Å². The summed E-state index contributed by atoms with van der Waals surface area (Å²) in [5.41, 5.74) is 2.88. The van der Waals surface area contributed by atoms with E-state index >= 15 is 0 Å². The first kappa shape index (κ1) is 22.8. The number of para-hydroxylation sites is 1. The molecule has 1 saturated heterocycles. The van der Waals surface area contributed by atoms with Crippen molar-refractivity contribution in [3.63, 3.8) is 0 Å². The number of benzene rings is 2. The number of carbonyl (C=O) groups is 3. The number of hydrogen-bond acceptors (Lipinski definition) is 4. The van der Waals surface area contributed by atoms with Crippen molar-refractivity contribution < 1.29 is 14.4 Å². The van der Waals surface area contributed by atoms with Crippen LogP contribution in [0.25, 0.3) is 16.9 Å². The predicted octanol–water partition coefficient (Wildman–Crippen LogP) is 3.75. The zero-order valence-corrected chi connectivity index (χ0v) is 19.8. The summed E-state index contributed by atoms with van der Waals surface area (Å²) in [4.78, 5) is 41.1. The Hall–Kier alpha value is -3.94. The zero-order valence-electron chi connectivity index (χ0n) is 19.8. The summed E-state index contributed by atoms with van der Waals surface area (Å²) in [6.07, 6.45) is 5.25. The highest BCUT2D eigenvalue weighted by molar-refractivity contribution is 6.07. The number of nitrogens with one attached hydrogen (secondary N) is 1. The maximum atomic E-state index is 13.0. The second-order valence-electron chi connectivity index (χ2n) is 9.33. The smallest absolute Gasteiger partial charge is 0.325 e. The lowest BCUT2D eigenvalue weighted by Crippen LogP contribution is -2.44. The van der Waals surface area contributed by atoms with E-state index in [1.807, 2.05) is 71.5 Å². The third kappa shape index (κ3) is 4.43. The average Bonchev–Trinajstić information content (AvgIpc) is 3.58. The van der Waals surface area contributed by atoms with Crippen molar-refractivity contribution in [1.82, 2.24) is 24.9 Å². The lowest BCUT2D eigenvalue weighted by Gasteiger charge is -2.21. The Morgan fingerprint density at radius 1 is 1.03 bits per heavy atom. The summed E-state index contributed by atoms with van der Waals surface area (Å²) < 4.78 is 1.82. The molecule has 2 fully saturated rings. The van der Waals surface area contributed by atoms with Crippen molar-refractivity contribution in [2.75, 3.05) is 13.6 Å². The second kappa shape index (κ2) is 9.37. The van der Waals surface area contributed by atoms with Crippen molar-refractivity contribution in [3.8, 4) is 16.9 Å². The van der Waals surface area contributed by atoms with E-state index < -0.39 is 5.54 Å². The van der Waals surface area contributed by atoms with Gasteiger partial charge in [0.15, 0.2) is 0 Å². The predicted molar refractivity (Wildman–Crippen MR) is 132 cm³/mol. The van der Waals surface area contributed by atoms with Gasteiger partial charge in [0.2, 0.25) is 5.91 Å². The molecule has 8 nitrogen and oxygen atoms in total. The molecular formula is C27H29N5O3. The van der Waals surface area contributed by atoms with E-state index in [2.05, 4.69) is 5.32 Å². The molecule has 1 aliphatic carbocycles. The van der Waals surface area contributed by atoms with Gasteiger partial charge in [0.25, 0.3) is 5.91 Å². The van der Waals surface area contributed by atoms with Gasteiger partial charge in [-0.15, -0.1) is 0 Å². The van der Waals surface area contributed by atoms with E-state index in [0.717, 1.165) is 35.3 Å². The molecule has 2 aliphatic rings. The fraction of sp³-hybridized carbons (Fsp3) is 0.333. The van der Waals surface area contributed by atoms with E-state index in [1.165, 1.54) is 4.90 Å². The molecule has 0 unspecified atom stereocenters. The first-order chi connectivity index (χ1) is 17.0. The highest BCUT2D eigenvalue weighted by atomic mass is 16.2. The van der Waals surface area contributed by atoms with Gasteiger partial charge in [0, 0.05) is 43.9 Å². The minimum atomic E-state index is -0.747. The van der Waals surface area contributed by atoms with Gasteiger partial charge in [-0.1, -0.05) is 61.4 Å². The van der Waals surface area contributed by atoms with Crippen molar-refractivity contribution in [2.45, 2.75) is 44.2 Å². The molecule has 0 bridgehead atoms. The largest absolute Gasteiger partial charge is 0.341 e. The SMILES string of the molecule is CN(Cc1cn(-c2ccccc2)nc1-c1ccccc1)C(=O)CCN1C(=O)NC2(CCCC2)C1=O. The molecule has 2 aromatic carbocycles. The number of aromatic nitrogens is 2. The molecule has 4 amide bonds. The van der Waals surface area contributed by atoms with E-state index in [0.29, 0.717) is 19.4 Å². The van der Waals surface area contributed by atoms with Crippen LogP contribution in [0.5, 0.6) is 0 Å². The Morgan fingerprint density at radius 3 is 2.37 bits per heavy atom. The molecule has 0 atom stereocenters. The summed E-state index contributed by atoms with van der Waals surface area (Å²) >= 11 is 0. The fourth-order valence-corrected chi connectivity index (χ4v) is 5.02. The van der Waals surface area contributed by atoms with Crippen LogP contribution in [0.1, 0.15) is 37.7 Å². The molecule has 8 heteroatoms. The van der Waals surface area contributed by atoms with E-state index in [9.17, 15) is 14.4 Å². The average molecular weight is 472 g/mol. The Morgan fingerprint density at radius 2 is 1.69 bits per heavy atom.